The number of cyclic esters (lactones) is 1. The Morgan fingerprint density at radius 2 is 2.00 bits per heavy atom. The van der Waals surface area contributed by atoms with Crippen molar-refractivity contribution in [1.82, 2.24) is 0 Å². The Balaban J connectivity index is 1.93. The molecule has 1 fully saturated rings. The largest absolute Gasteiger partial charge is 0.462 e. The lowest BCUT2D eigenvalue weighted by Crippen LogP contribution is -2.07. The quantitative estimate of drug-likeness (QED) is 0.317. The van der Waals surface area contributed by atoms with E-state index in [1.807, 2.05) is 30.3 Å². The van der Waals surface area contributed by atoms with Gasteiger partial charge in [0.2, 0.25) is 0 Å². The highest BCUT2D eigenvalue weighted by atomic mass is 16.6. The van der Waals surface area contributed by atoms with Crippen LogP contribution in [0.3, 0.4) is 0 Å². The fraction of sp³-hybridized carbons (Fsp3) is 0.182. The summed E-state index contributed by atoms with van der Waals surface area (Å²) in [6.07, 6.45) is 2.79. The van der Waals surface area contributed by atoms with Crippen LogP contribution in [-0.4, -0.2) is 23.5 Å². The normalized spacial score (nSPS) is 17.8. The molecule has 1 atom stereocenters. The second-order valence-corrected chi connectivity index (χ2v) is 6.35. The van der Waals surface area contributed by atoms with Crippen molar-refractivity contribution >= 4 is 23.7 Å². The molecule has 0 saturated carbocycles. The van der Waals surface area contributed by atoms with Crippen LogP contribution in [0, 0.1) is 10.1 Å². The van der Waals surface area contributed by atoms with Gasteiger partial charge in [-0.3, -0.25) is 10.1 Å². The lowest BCUT2D eigenvalue weighted by molar-refractivity contribution is -0.384. The lowest BCUT2D eigenvalue weighted by atomic mass is 10.0. The highest BCUT2D eigenvalue weighted by molar-refractivity contribution is 6.00. The standard InChI is InChI=1S/C22H19NO6/c1-2-28-21(24)17(11-15-7-6-10-19(12-15)23(26)27)13-18-14-20(29-22(18)25)16-8-4-3-5-9-16/h3-13,20H,2,14H2,1H3/b17-11+,18-13-. The number of nitro benzene ring substituents is 1. The van der Waals surface area contributed by atoms with E-state index in [1.54, 1.807) is 13.0 Å². The van der Waals surface area contributed by atoms with E-state index in [0.29, 0.717) is 17.6 Å². The second-order valence-electron chi connectivity index (χ2n) is 6.35. The van der Waals surface area contributed by atoms with Gasteiger partial charge >= 0.3 is 11.9 Å². The molecule has 2 aromatic rings. The average molecular weight is 393 g/mol. The van der Waals surface area contributed by atoms with Gasteiger partial charge in [-0.2, -0.15) is 0 Å². The summed E-state index contributed by atoms with van der Waals surface area (Å²) in [5.74, 6) is -1.13. The zero-order valence-corrected chi connectivity index (χ0v) is 15.7. The van der Waals surface area contributed by atoms with E-state index >= 15 is 0 Å². The van der Waals surface area contributed by atoms with Crippen molar-refractivity contribution in [3.8, 4) is 0 Å². The van der Waals surface area contributed by atoms with E-state index in [1.165, 1.54) is 30.4 Å². The summed E-state index contributed by atoms with van der Waals surface area (Å²) in [5, 5.41) is 11.0. The Kier molecular flexibility index (Phi) is 6.19. The molecule has 148 valence electrons. The summed E-state index contributed by atoms with van der Waals surface area (Å²) in [5.41, 5.74) is 1.67. The first-order valence-electron chi connectivity index (χ1n) is 9.07. The third kappa shape index (κ3) is 4.95. The van der Waals surface area contributed by atoms with Gasteiger partial charge in [-0.15, -0.1) is 0 Å². The minimum absolute atomic E-state index is 0.0981. The van der Waals surface area contributed by atoms with Gasteiger partial charge in [0, 0.05) is 24.1 Å². The molecule has 29 heavy (non-hydrogen) atoms. The van der Waals surface area contributed by atoms with Crippen molar-refractivity contribution in [2.45, 2.75) is 19.4 Å². The molecule has 1 saturated heterocycles. The van der Waals surface area contributed by atoms with Crippen LogP contribution in [0.4, 0.5) is 5.69 Å². The molecule has 0 bridgehead atoms. The number of non-ortho nitro benzene ring substituents is 1. The molecule has 1 unspecified atom stereocenters. The van der Waals surface area contributed by atoms with Crippen molar-refractivity contribution in [2.75, 3.05) is 6.61 Å². The smallest absolute Gasteiger partial charge is 0.338 e. The maximum Gasteiger partial charge on any atom is 0.338 e. The van der Waals surface area contributed by atoms with Crippen LogP contribution in [0.15, 0.2) is 71.8 Å². The van der Waals surface area contributed by atoms with Gasteiger partial charge in [0.05, 0.1) is 17.1 Å². The van der Waals surface area contributed by atoms with Gasteiger partial charge in [-0.1, -0.05) is 42.5 Å². The predicted molar refractivity (Wildman–Crippen MR) is 106 cm³/mol. The maximum absolute atomic E-state index is 12.4. The first-order chi connectivity index (χ1) is 14.0. The number of carbonyl (C=O) groups excluding carboxylic acids is 2. The summed E-state index contributed by atoms with van der Waals surface area (Å²) in [6, 6.07) is 15.2. The summed E-state index contributed by atoms with van der Waals surface area (Å²) in [6.45, 7) is 1.83. The van der Waals surface area contributed by atoms with Crippen LogP contribution >= 0.6 is 0 Å². The number of carbonyl (C=O) groups is 2. The van der Waals surface area contributed by atoms with Crippen LogP contribution in [0.1, 0.15) is 30.6 Å². The van der Waals surface area contributed by atoms with Crippen molar-refractivity contribution in [1.29, 1.82) is 0 Å². The second kappa shape index (κ2) is 8.97. The number of hydrogen-bond donors (Lipinski definition) is 0. The van der Waals surface area contributed by atoms with Crippen molar-refractivity contribution in [2.24, 2.45) is 0 Å². The van der Waals surface area contributed by atoms with Gasteiger partial charge in [-0.05, 0) is 30.2 Å². The molecule has 0 spiro atoms. The summed E-state index contributed by atoms with van der Waals surface area (Å²) >= 11 is 0. The maximum atomic E-state index is 12.4. The van der Waals surface area contributed by atoms with E-state index in [0.717, 1.165) is 5.56 Å². The topological polar surface area (TPSA) is 95.7 Å². The van der Waals surface area contributed by atoms with E-state index in [4.69, 9.17) is 9.47 Å². The number of hydrogen-bond acceptors (Lipinski definition) is 6. The van der Waals surface area contributed by atoms with Crippen molar-refractivity contribution in [3.05, 3.63) is 93.1 Å². The first kappa shape index (κ1) is 20.0. The Hall–Kier alpha value is -3.74. The highest BCUT2D eigenvalue weighted by Gasteiger charge is 2.30. The van der Waals surface area contributed by atoms with Crippen molar-refractivity contribution < 1.29 is 24.0 Å². The summed E-state index contributed by atoms with van der Waals surface area (Å²) < 4.78 is 10.5. The Morgan fingerprint density at radius 3 is 2.69 bits per heavy atom. The molecular formula is C22H19NO6. The Bertz CT molecular complexity index is 993. The SMILES string of the molecule is CCOC(=O)C(/C=C1/CC(c2ccccc2)OC1=O)=C/c1cccc([N+](=O)[O-])c1. The molecule has 7 heteroatoms. The number of ether oxygens (including phenoxy) is 2. The molecule has 1 aliphatic heterocycles. The van der Waals surface area contributed by atoms with Gasteiger partial charge < -0.3 is 9.47 Å². The molecule has 7 nitrogen and oxygen atoms in total. The number of rotatable bonds is 6. The van der Waals surface area contributed by atoms with Crippen LogP contribution in [0.25, 0.3) is 6.08 Å². The predicted octanol–water partition coefficient (Wildman–Crippen LogP) is 4.16. The minimum Gasteiger partial charge on any atom is -0.462 e. The zero-order chi connectivity index (χ0) is 20.8. The Morgan fingerprint density at radius 1 is 1.24 bits per heavy atom. The fourth-order valence-electron chi connectivity index (χ4n) is 2.97. The Labute approximate surface area is 167 Å². The molecule has 0 aromatic heterocycles. The van der Waals surface area contributed by atoms with E-state index in [9.17, 15) is 19.7 Å². The first-order valence-corrected chi connectivity index (χ1v) is 9.07. The monoisotopic (exact) mass is 393 g/mol. The van der Waals surface area contributed by atoms with Gasteiger partial charge in [0.1, 0.15) is 6.10 Å². The number of benzene rings is 2. The third-order valence-electron chi connectivity index (χ3n) is 4.33. The fourth-order valence-corrected chi connectivity index (χ4v) is 2.97. The van der Waals surface area contributed by atoms with E-state index < -0.39 is 23.0 Å². The highest BCUT2D eigenvalue weighted by Crippen LogP contribution is 2.33. The third-order valence-corrected chi connectivity index (χ3v) is 4.33. The number of nitrogens with zero attached hydrogens (tertiary/aromatic N) is 1. The van der Waals surface area contributed by atoms with Gasteiger partial charge in [-0.25, -0.2) is 9.59 Å². The van der Waals surface area contributed by atoms with Gasteiger partial charge in [0.15, 0.2) is 0 Å². The molecule has 2 aromatic carbocycles. The summed E-state index contributed by atoms with van der Waals surface area (Å²) in [4.78, 5) is 35.2. The molecule has 1 aliphatic rings. The van der Waals surface area contributed by atoms with E-state index in [2.05, 4.69) is 0 Å². The van der Waals surface area contributed by atoms with Crippen LogP contribution in [0.5, 0.6) is 0 Å². The van der Waals surface area contributed by atoms with Gasteiger partial charge in [0.25, 0.3) is 5.69 Å². The molecule has 0 radical (unpaired) electrons. The zero-order valence-electron chi connectivity index (χ0n) is 15.7. The van der Waals surface area contributed by atoms with Crippen LogP contribution in [0.2, 0.25) is 0 Å². The molecule has 1 heterocycles. The minimum atomic E-state index is -0.623. The molecule has 0 aliphatic carbocycles. The summed E-state index contributed by atoms with van der Waals surface area (Å²) in [7, 11) is 0. The molecular weight excluding hydrogens is 374 g/mol. The average Bonchev–Trinajstić information content (AvgIpc) is 3.09. The van der Waals surface area contributed by atoms with Crippen LogP contribution < -0.4 is 0 Å². The number of esters is 2. The molecule has 0 amide bonds. The van der Waals surface area contributed by atoms with E-state index in [-0.39, 0.29) is 17.9 Å². The van der Waals surface area contributed by atoms with Crippen LogP contribution in [-0.2, 0) is 19.1 Å². The number of nitro groups is 1. The molecule has 0 N–H and O–H groups in total. The van der Waals surface area contributed by atoms with Crippen molar-refractivity contribution in [3.63, 3.8) is 0 Å². The molecule has 3 rings (SSSR count). The lowest BCUT2D eigenvalue weighted by Gasteiger charge is -2.07.